The van der Waals surface area contributed by atoms with Crippen molar-refractivity contribution in [1.29, 1.82) is 0 Å². The summed E-state index contributed by atoms with van der Waals surface area (Å²) in [6, 6.07) is 15.8. The van der Waals surface area contributed by atoms with Crippen molar-refractivity contribution in [3.05, 3.63) is 93.8 Å². The smallest absolute Gasteiger partial charge is 0.255 e. The van der Waals surface area contributed by atoms with E-state index < -0.39 is 45.8 Å². The first kappa shape index (κ1) is 32.4. The molecule has 2 amide bonds. The third-order valence-corrected chi connectivity index (χ3v) is 9.60. The molecule has 13 heteroatoms. The van der Waals surface area contributed by atoms with Gasteiger partial charge in [0.2, 0.25) is 15.8 Å². The number of ether oxygens (including phenoxy) is 2. The number of rotatable bonds is 8. The van der Waals surface area contributed by atoms with Gasteiger partial charge in [0.25, 0.3) is 11.8 Å². The lowest BCUT2D eigenvalue weighted by Gasteiger charge is -2.49. The Labute approximate surface area is 273 Å². The molecule has 46 heavy (non-hydrogen) atoms. The summed E-state index contributed by atoms with van der Waals surface area (Å²) in [4.78, 5) is 40.5. The molecule has 1 fully saturated rings. The minimum Gasteiger partial charge on any atom is -0.461 e. The van der Waals surface area contributed by atoms with Crippen molar-refractivity contribution in [3.63, 3.8) is 0 Å². The zero-order valence-corrected chi connectivity index (χ0v) is 27.4. The van der Waals surface area contributed by atoms with Crippen LogP contribution in [0.2, 0.25) is 5.02 Å². The summed E-state index contributed by atoms with van der Waals surface area (Å²) in [7, 11) is -3.57. The Hall–Kier alpha value is -3.55. The average molecular weight is 669 g/mol. The van der Waals surface area contributed by atoms with E-state index in [1.165, 1.54) is 0 Å². The maximum absolute atomic E-state index is 14.3. The van der Waals surface area contributed by atoms with Gasteiger partial charge >= 0.3 is 0 Å². The van der Waals surface area contributed by atoms with E-state index in [2.05, 4.69) is 15.2 Å². The normalized spacial score (nSPS) is 24.0. The summed E-state index contributed by atoms with van der Waals surface area (Å²) in [5.41, 5.74) is 5.45. The number of nitrogens with zero attached hydrogens (tertiary/aromatic N) is 2. The molecule has 6 rings (SSSR count). The van der Waals surface area contributed by atoms with Gasteiger partial charge in [0.15, 0.2) is 0 Å². The number of hydrogen-bond donors (Lipinski definition) is 2. The van der Waals surface area contributed by atoms with Crippen molar-refractivity contribution in [3.8, 4) is 5.75 Å². The molecule has 0 spiro atoms. The monoisotopic (exact) mass is 668 g/mol. The van der Waals surface area contributed by atoms with Crippen LogP contribution in [0.25, 0.3) is 0 Å². The number of pyridine rings is 1. The number of fused-ring (bicyclic) bond motifs is 2. The Kier molecular flexibility index (Phi) is 9.10. The van der Waals surface area contributed by atoms with E-state index in [-0.39, 0.29) is 19.1 Å². The second-order valence-corrected chi connectivity index (χ2v) is 14.6. The first-order chi connectivity index (χ1) is 21.9. The van der Waals surface area contributed by atoms with Crippen LogP contribution in [0.4, 0.5) is 0 Å². The SMILES string of the molecule is CC1(C)OCc2nc(CONC(=O)[C@@H]3c4ccccc4C(=O)N([C@H]4CCCC[C@@H]4NS(C)(=O)=O)[C@H]3c3ccc(Cl)cc3)ccc2O1. The first-order valence-corrected chi connectivity index (χ1v) is 17.5. The van der Waals surface area contributed by atoms with E-state index in [1.54, 1.807) is 65.6 Å². The summed E-state index contributed by atoms with van der Waals surface area (Å²) in [5.74, 6) is -1.72. The van der Waals surface area contributed by atoms with Crippen molar-refractivity contribution in [1.82, 2.24) is 20.1 Å². The highest BCUT2D eigenvalue weighted by molar-refractivity contribution is 7.88. The molecule has 244 valence electrons. The minimum absolute atomic E-state index is 0.0198. The predicted molar refractivity (Wildman–Crippen MR) is 170 cm³/mol. The molecule has 0 bridgehead atoms. The predicted octanol–water partition coefficient (Wildman–Crippen LogP) is 4.77. The number of hydroxylamine groups is 1. The Morgan fingerprint density at radius 1 is 1.09 bits per heavy atom. The zero-order chi connectivity index (χ0) is 32.6. The molecule has 0 unspecified atom stereocenters. The number of halogens is 1. The fourth-order valence-electron chi connectivity index (χ4n) is 6.66. The van der Waals surface area contributed by atoms with Crippen LogP contribution >= 0.6 is 11.6 Å². The van der Waals surface area contributed by atoms with Crippen LogP contribution in [0, 0.1) is 0 Å². The Bertz CT molecular complexity index is 1730. The summed E-state index contributed by atoms with van der Waals surface area (Å²) in [6.07, 6.45) is 3.89. The molecule has 2 aliphatic heterocycles. The number of aromatic nitrogens is 1. The lowest BCUT2D eigenvalue weighted by atomic mass is 9.76. The Morgan fingerprint density at radius 2 is 1.83 bits per heavy atom. The van der Waals surface area contributed by atoms with Crippen molar-refractivity contribution < 1.29 is 32.3 Å². The molecule has 0 radical (unpaired) electrons. The third-order valence-electron chi connectivity index (χ3n) is 8.62. The largest absolute Gasteiger partial charge is 0.461 e. The topological polar surface area (TPSA) is 136 Å². The first-order valence-electron chi connectivity index (χ1n) is 15.3. The number of hydrogen-bond acceptors (Lipinski definition) is 8. The number of nitrogens with one attached hydrogen (secondary N) is 2. The molecule has 1 aliphatic carbocycles. The van der Waals surface area contributed by atoms with Gasteiger partial charge in [0.05, 0.1) is 30.5 Å². The fraction of sp³-hybridized carbons (Fsp3) is 0.424. The second-order valence-electron chi connectivity index (χ2n) is 12.4. The molecule has 3 aromatic rings. The van der Waals surface area contributed by atoms with E-state index >= 15 is 0 Å². The van der Waals surface area contributed by atoms with Gasteiger partial charge in [-0.1, -0.05) is 54.8 Å². The van der Waals surface area contributed by atoms with Crippen LogP contribution in [-0.2, 0) is 37.6 Å². The molecular formula is C33H37ClN4O7S. The van der Waals surface area contributed by atoms with Crippen LogP contribution in [0.5, 0.6) is 5.75 Å². The highest BCUT2D eigenvalue weighted by Gasteiger charge is 2.49. The molecule has 3 heterocycles. The van der Waals surface area contributed by atoms with E-state index in [4.69, 9.17) is 25.9 Å². The summed E-state index contributed by atoms with van der Waals surface area (Å²) >= 11 is 6.25. The lowest BCUT2D eigenvalue weighted by Crippen LogP contribution is -2.59. The van der Waals surface area contributed by atoms with Gasteiger partial charge in [-0.15, -0.1) is 0 Å². The fourth-order valence-corrected chi connectivity index (χ4v) is 7.61. The van der Waals surface area contributed by atoms with Crippen LogP contribution in [0.1, 0.15) is 84.4 Å². The number of sulfonamides is 1. The third kappa shape index (κ3) is 6.91. The van der Waals surface area contributed by atoms with Gasteiger partial charge in [-0.25, -0.2) is 23.6 Å². The lowest BCUT2D eigenvalue weighted by molar-refractivity contribution is -0.181. The van der Waals surface area contributed by atoms with Crippen LogP contribution in [0.15, 0.2) is 60.7 Å². The zero-order valence-electron chi connectivity index (χ0n) is 25.9. The van der Waals surface area contributed by atoms with E-state index in [1.807, 2.05) is 13.8 Å². The quantitative estimate of drug-likeness (QED) is 0.328. The number of amides is 2. The van der Waals surface area contributed by atoms with Gasteiger partial charge < -0.3 is 14.4 Å². The standard InChI is InChI=1S/C33H37ClN4O7S/c1-33(2)43-19-26-28(45-33)17-16-22(35-26)18-44-36-31(39)29-23-8-4-5-9-24(23)32(40)38(30(29)20-12-14-21(34)15-13-20)27-11-7-6-10-25(27)37-46(3,41)42/h4-5,8-9,12-17,25,27,29-30,37H,6-7,10-11,18-19H2,1-3H3,(H,36,39)/t25-,27-,29+,30-/m0/s1. The highest BCUT2D eigenvalue weighted by Crippen LogP contribution is 2.46. The van der Waals surface area contributed by atoms with Gasteiger partial charge in [0, 0.05) is 36.5 Å². The van der Waals surface area contributed by atoms with Gasteiger partial charge in [0.1, 0.15) is 18.1 Å². The van der Waals surface area contributed by atoms with Crippen molar-refractivity contribution >= 4 is 33.4 Å². The molecular weight excluding hydrogens is 632 g/mol. The van der Waals surface area contributed by atoms with Crippen LogP contribution < -0.4 is 14.9 Å². The maximum Gasteiger partial charge on any atom is 0.255 e. The Balaban J connectivity index is 1.32. The molecule has 1 aromatic heterocycles. The molecule has 4 atom stereocenters. The van der Waals surface area contributed by atoms with Gasteiger partial charge in [-0.2, -0.15) is 0 Å². The number of carbonyl (C=O) groups excluding carboxylic acids is 2. The molecule has 3 aliphatic rings. The highest BCUT2D eigenvalue weighted by atomic mass is 35.5. The Morgan fingerprint density at radius 3 is 2.59 bits per heavy atom. The van der Waals surface area contributed by atoms with Crippen molar-refractivity contribution in [2.75, 3.05) is 6.26 Å². The molecule has 11 nitrogen and oxygen atoms in total. The summed E-state index contributed by atoms with van der Waals surface area (Å²) in [5, 5.41) is 0.508. The van der Waals surface area contributed by atoms with Crippen molar-refractivity contribution in [2.24, 2.45) is 0 Å². The average Bonchev–Trinajstić information content (AvgIpc) is 3.01. The summed E-state index contributed by atoms with van der Waals surface area (Å²) in [6.45, 7) is 3.92. The number of carbonyl (C=O) groups is 2. The van der Waals surface area contributed by atoms with Gasteiger partial charge in [-0.3, -0.25) is 14.4 Å². The van der Waals surface area contributed by atoms with E-state index in [0.717, 1.165) is 19.1 Å². The number of benzene rings is 2. The molecule has 2 N–H and O–H groups in total. The second kappa shape index (κ2) is 12.9. The van der Waals surface area contributed by atoms with Crippen molar-refractivity contribution in [2.45, 2.75) is 82.6 Å². The summed E-state index contributed by atoms with van der Waals surface area (Å²) < 4.78 is 39.0. The van der Waals surface area contributed by atoms with E-state index in [9.17, 15) is 18.0 Å². The molecule has 0 saturated heterocycles. The maximum atomic E-state index is 14.3. The van der Waals surface area contributed by atoms with E-state index in [0.29, 0.717) is 51.7 Å². The van der Waals surface area contributed by atoms with Gasteiger partial charge in [-0.05, 0) is 54.3 Å². The molecule has 1 saturated carbocycles. The van der Waals surface area contributed by atoms with Crippen LogP contribution in [-0.4, -0.2) is 54.2 Å². The van der Waals surface area contributed by atoms with Crippen LogP contribution in [0.3, 0.4) is 0 Å². The minimum atomic E-state index is -3.57. The molecule has 2 aromatic carbocycles.